The summed E-state index contributed by atoms with van der Waals surface area (Å²) in [6, 6.07) is 9.40. The minimum atomic E-state index is -0.174. The summed E-state index contributed by atoms with van der Waals surface area (Å²) in [5.41, 5.74) is 1.92. The van der Waals surface area contributed by atoms with Gasteiger partial charge in [0.05, 0.1) is 6.54 Å². The Kier molecular flexibility index (Phi) is 4.93. The first-order valence-corrected chi connectivity index (χ1v) is 7.32. The fourth-order valence-corrected chi connectivity index (χ4v) is 2.82. The minimum Gasteiger partial charge on any atom is -0.367 e. The molecule has 0 aliphatic carbocycles. The van der Waals surface area contributed by atoms with E-state index in [4.69, 9.17) is 0 Å². The predicted molar refractivity (Wildman–Crippen MR) is 80.2 cm³/mol. The first-order chi connectivity index (χ1) is 9.22. The molecule has 2 nitrogen and oxygen atoms in total. The maximum absolute atomic E-state index is 13.7. The standard InChI is InChI=1S/C15H19FN2S/c1-3-18(11-15-5-4-6-19-15)14-8-12(10-17-2)7-13(16)9-14/h4-9,17H,3,10-11H2,1-2H3. The molecule has 2 rings (SSSR count). The zero-order valence-corrected chi connectivity index (χ0v) is 12.1. The van der Waals surface area contributed by atoms with E-state index in [9.17, 15) is 4.39 Å². The molecule has 1 heterocycles. The molecule has 0 saturated carbocycles. The quantitative estimate of drug-likeness (QED) is 0.868. The Morgan fingerprint density at radius 3 is 2.79 bits per heavy atom. The van der Waals surface area contributed by atoms with Crippen LogP contribution in [0.3, 0.4) is 0 Å². The van der Waals surface area contributed by atoms with Gasteiger partial charge < -0.3 is 10.2 Å². The molecule has 0 aliphatic heterocycles. The number of hydrogen-bond acceptors (Lipinski definition) is 3. The predicted octanol–water partition coefficient (Wildman–Crippen LogP) is 3.63. The lowest BCUT2D eigenvalue weighted by molar-refractivity contribution is 0.622. The molecule has 102 valence electrons. The van der Waals surface area contributed by atoms with Gasteiger partial charge in [0.1, 0.15) is 5.82 Å². The average molecular weight is 278 g/mol. The number of benzene rings is 1. The van der Waals surface area contributed by atoms with Gasteiger partial charge in [-0.15, -0.1) is 11.3 Å². The summed E-state index contributed by atoms with van der Waals surface area (Å²) in [5, 5.41) is 5.13. The highest BCUT2D eigenvalue weighted by Gasteiger charge is 2.09. The number of nitrogens with zero attached hydrogens (tertiary/aromatic N) is 1. The molecule has 0 aliphatic rings. The van der Waals surface area contributed by atoms with Crippen LogP contribution in [-0.2, 0) is 13.1 Å². The smallest absolute Gasteiger partial charge is 0.125 e. The molecular weight excluding hydrogens is 259 g/mol. The van der Waals surface area contributed by atoms with Crippen LogP contribution in [0, 0.1) is 5.82 Å². The molecule has 0 bridgehead atoms. The molecule has 1 aromatic carbocycles. The van der Waals surface area contributed by atoms with Crippen molar-refractivity contribution in [1.82, 2.24) is 5.32 Å². The lowest BCUT2D eigenvalue weighted by Gasteiger charge is -2.23. The van der Waals surface area contributed by atoms with Gasteiger partial charge in [-0.25, -0.2) is 4.39 Å². The highest BCUT2D eigenvalue weighted by atomic mass is 32.1. The number of thiophene rings is 1. The van der Waals surface area contributed by atoms with E-state index in [0.717, 1.165) is 24.3 Å². The molecule has 1 aromatic heterocycles. The molecule has 19 heavy (non-hydrogen) atoms. The van der Waals surface area contributed by atoms with Crippen molar-refractivity contribution < 1.29 is 4.39 Å². The SMILES string of the molecule is CCN(Cc1cccs1)c1cc(F)cc(CNC)c1. The molecule has 0 saturated heterocycles. The summed E-state index contributed by atoms with van der Waals surface area (Å²) in [6.07, 6.45) is 0. The van der Waals surface area contributed by atoms with Gasteiger partial charge in [0.2, 0.25) is 0 Å². The van der Waals surface area contributed by atoms with E-state index in [2.05, 4.69) is 34.7 Å². The maximum Gasteiger partial charge on any atom is 0.125 e. The van der Waals surface area contributed by atoms with Gasteiger partial charge in [-0.3, -0.25) is 0 Å². The minimum absolute atomic E-state index is 0.174. The van der Waals surface area contributed by atoms with Crippen LogP contribution in [-0.4, -0.2) is 13.6 Å². The van der Waals surface area contributed by atoms with Crippen LogP contribution in [0.1, 0.15) is 17.4 Å². The van der Waals surface area contributed by atoms with Crippen molar-refractivity contribution in [2.75, 3.05) is 18.5 Å². The number of rotatable bonds is 6. The second kappa shape index (κ2) is 6.68. The molecule has 0 radical (unpaired) electrons. The van der Waals surface area contributed by atoms with Gasteiger partial charge in [-0.05, 0) is 49.2 Å². The zero-order chi connectivity index (χ0) is 13.7. The molecule has 2 aromatic rings. The highest BCUT2D eigenvalue weighted by Crippen LogP contribution is 2.22. The van der Waals surface area contributed by atoms with Gasteiger partial charge in [0, 0.05) is 23.7 Å². The first-order valence-electron chi connectivity index (χ1n) is 6.44. The lowest BCUT2D eigenvalue weighted by Crippen LogP contribution is -2.22. The van der Waals surface area contributed by atoms with Gasteiger partial charge in [0.25, 0.3) is 0 Å². The van der Waals surface area contributed by atoms with Crippen molar-refractivity contribution in [1.29, 1.82) is 0 Å². The van der Waals surface area contributed by atoms with Crippen molar-refractivity contribution in [3.8, 4) is 0 Å². The van der Waals surface area contributed by atoms with Gasteiger partial charge in [-0.2, -0.15) is 0 Å². The van der Waals surface area contributed by atoms with Crippen molar-refractivity contribution in [3.05, 3.63) is 52.0 Å². The normalized spacial score (nSPS) is 10.7. The van der Waals surface area contributed by atoms with Gasteiger partial charge >= 0.3 is 0 Å². The van der Waals surface area contributed by atoms with Crippen LogP contribution in [0.15, 0.2) is 35.7 Å². The Hall–Kier alpha value is -1.39. The van der Waals surface area contributed by atoms with Gasteiger partial charge in [0.15, 0.2) is 0 Å². The van der Waals surface area contributed by atoms with Crippen LogP contribution in [0.4, 0.5) is 10.1 Å². The second-order valence-corrected chi connectivity index (χ2v) is 5.47. The summed E-state index contributed by atoms with van der Waals surface area (Å²) >= 11 is 1.73. The highest BCUT2D eigenvalue weighted by molar-refractivity contribution is 7.09. The first kappa shape index (κ1) is 14.0. The fourth-order valence-electron chi connectivity index (χ4n) is 2.10. The lowest BCUT2D eigenvalue weighted by atomic mass is 10.1. The average Bonchev–Trinajstić information content (AvgIpc) is 2.88. The van der Waals surface area contributed by atoms with Crippen LogP contribution < -0.4 is 10.2 Å². The fraction of sp³-hybridized carbons (Fsp3) is 0.333. The zero-order valence-electron chi connectivity index (χ0n) is 11.3. The van der Waals surface area contributed by atoms with E-state index in [0.29, 0.717) is 6.54 Å². The Bertz CT molecular complexity index is 511. The van der Waals surface area contributed by atoms with E-state index in [1.165, 1.54) is 4.88 Å². The molecule has 0 amide bonds. The molecule has 0 fully saturated rings. The van der Waals surface area contributed by atoms with E-state index in [-0.39, 0.29) is 5.82 Å². The third-order valence-electron chi connectivity index (χ3n) is 3.00. The third-order valence-corrected chi connectivity index (χ3v) is 3.86. The van der Waals surface area contributed by atoms with Crippen molar-refractivity contribution >= 4 is 17.0 Å². The Labute approximate surface area is 117 Å². The number of nitrogens with one attached hydrogen (secondary N) is 1. The molecule has 0 atom stereocenters. The largest absolute Gasteiger partial charge is 0.367 e. The van der Waals surface area contributed by atoms with E-state index in [1.807, 2.05) is 13.1 Å². The Morgan fingerprint density at radius 2 is 2.16 bits per heavy atom. The molecular formula is C15H19FN2S. The third kappa shape index (κ3) is 3.78. The Morgan fingerprint density at radius 1 is 1.32 bits per heavy atom. The Balaban J connectivity index is 2.21. The van der Waals surface area contributed by atoms with E-state index >= 15 is 0 Å². The van der Waals surface area contributed by atoms with Crippen LogP contribution in [0.5, 0.6) is 0 Å². The van der Waals surface area contributed by atoms with E-state index in [1.54, 1.807) is 23.5 Å². The topological polar surface area (TPSA) is 15.3 Å². The molecule has 1 N–H and O–H groups in total. The van der Waals surface area contributed by atoms with Crippen LogP contribution in [0.2, 0.25) is 0 Å². The van der Waals surface area contributed by atoms with Crippen molar-refractivity contribution in [2.45, 2.75) is 20.0 Å². The maximum atomic E-state index is 13.7. The summed E-state index contributed by atoms with van der Waals surface area (Å²) in [5.74, 6) is -0.174. The molecule has 4 heteroatoms. The van der Waals surface area contributed by atoms with E-state index < -0.39 is 0 Å². The van der Waals surface area contributed by atoms with Crippen molar-refractivity contribution in [2.24, 2.45) is 0 Å². The number of anilines is 1. The summed E-state index contributed by atoms with van der Waals surface area (Å²) in [6.45, 7) is 4.47. The monoisotopic (exact) mass is 278 g/mol. The van der Waals surface area contributed by atoms with Crippen LogP contribution in [0.25, 0.3) is 0 Å². The number of halogens is 1. The summed E-state index contributed by atoms with van der Waals surface area (Å²) in [7, 11) is 1.87. The second-order valence-electron chi connectivity index (χ2n) is 4.44. The molecule has 0 unspecified atom stereocenters. The van der Waals surface area contributed by atoms with Gasteiger partial charge in [-0.1, -0.05) is 6.07 Å². The summed E-state index contributed by atoms with van der Waals surface area (Å²) < 4.78 is 13.7. The summed E-state index contributed by atoms with van der Waals surface area (Å²) in [4.78, 5) is 3.48. The van der Waals surface area contributed by atoms with Crippen molar-refractivity contribution in [3.63, 3.8) is 0 Å². The van der Waals surface area contributed by atoms with Crippen LogP contribution >= 0.6 is 11.3 Å². The number of hydrogen-bond donors (Lipinski definition) is 1. The molecule has 0 spiro atoms.